The molecule has 0 fully saturated rings. The number of hydrogen-bond donors (Lipinski definition) is 1. The zero-order chi connectivity index (χ0) is 22.3. The van der Waals surface area contributed by atoms with Crippen LogP contribution in [0, 0.1) is 0 Å². The Hall–Kier alpha value is -3.20. The summed E-state index contributed by atoms with van der Waals surface area (Å²) in [5, 5.41) is 10.4. The predicted octanol–water partition coefficient (Wildman–Crippen LogP) is 3.89. The van der Waals surface area contributed by atoms with Crippen LogP contribution in [0.15, 0.2) is 57.8 Å². The van der Waals surface area contributed by atoms with Gasteiger partial charge in [0.05, 0.1) is 17.9 Å². The average molecular weight is 444 g/mol. The first-order valence-corrected chi connectivity index (χ1v) is 11.9. The van der Waals surface area contributed by atoms with Gasteiger partial charge in [0, 0.05) is 11.8 Å². The average Bonchev–Trinajstić information content (AvgIpc) is 3.18. The van der Waals surface area contributed by atoms with E-state index in [1.807, 2.05) is 6.07 Å². The number of ether oxygens (including phenoxy) is 1. The summed E-state index contributed by atoms with van der Waals surface area (Å²) >= 11 is 0. The molecule has 1 aromatic heterocycles. The summed E-state index contributed by atoms with van der Waals surface area (Å²) in [6.07, 6.45) is 4.65. The molecule has 1 amide bonds. The van der Waals surface area contributed by atoms with Crippen molar-refractivity contribution in [2.45, 2.75) is 37.5 Å². The van der Waals surface area contributed by atoms with E-state index < -0.39 is 9.84 Å². The first-order valence-electron chi connectivity index (χ1n) is 10.0. The van der Waals surface area contributed by atoms with Crippen LogP contribution in [-0.2, 0) is 16.3 Å². The highest BCUT2D eigenvalue weighted by Crippen LogP contribution is 2.17. The number of carbonyl (C=O) groups excluding carboxylic acids is 1. The zero-order valence-electron chi connectivity index (χ0n) is 17.5. The maximum Gasteiger partial charge on any atom is 0.322 e. The van der Waals surface area contributed by atoms with Crippen LogP contribution in [0.2, 0.25) is 0 Å². The summed E-state index contributed by atoms with van der Waals surface area (Å²) in [5.41, 5.74) is 1.23. The highest BCUT2D eigenvalue weighted by Gasteiger charge is 2.13. The van der Waals surface area contributed by atoms with E-state index in [2.05, 4.69) is 22.4 Å². The highest BCUT2D eigenvalue weighted by molar-refractivity contribution is 7.90. The van der Waals surface area contributed by atoms with E-state index in [0.29, 0.717) is 30.2 Å². The van der Waals surface area contributed by atoms with Gasteiger partial charge in [-0.2, -0.15) is 0 Å². The molecule has 2 aromatic carbocycles. The molecule has 1 N–H and O–H groups in total. The van der Waals surface area contributed by atoms with E-state index in [-0.39, 0.29) is 16.8 Å². The summed E-state index contributed by atoms with van der Waals surface area (Å²) in [5.74, 6) is 0.551. The molecule has 1 heterocycles. The second-order valence-electron chi connectivity index (χ2n) is 7.13. The van der Waals surface area contributed by atoms with Gasteiger partial charge < -0.3 is 9.15 Å². The fourth-order valence-corrected chi connectivity index (χ4v) is 3.47. The second kappa shape index (κ2) is 10.2. The highest BCUT2D eigenvalue weighted by atomic mass is 32.2. The topological polar surface area (TPSA) is 111 Å². The first-order chi connectivity index (χ1) is 14.8. The smallest absolute Gasteiger partial charge is 0.322 e. The lowest BCUT2D eigenvalue weighted by molar-refractivity contribution is 0.102. The number of amides is 1. The maximum atomic E-state index is 12.5. The number of carbonyl (C=O) groups is 1. The molecule has 0 saturated heterocycles. The number of sulfone groups is 1. The Morgan fingerprint density at radius 2 is 1.87 bits per heavy atom. The Morgan fingerprint density at radius 1 is 1.10 bits per heavy atom. The number of unbranched alkanes of at least 4 members (excludes halogenated alkanes) is 2. The summed E-state index contributed by atoms with van der Waals surface area (Å²) < 4.78 is 34.2. The summed E-state index contributed by atoms with van der Waals surface area (Å²) in [6, 6.07) is 13.3. The Labute approximate surface area is 181 Å². The van der Waals surface area contributed by atoms with Crippen LogP contribution in [0.1, 0.15) is 48.0 Å². The van der Waals surface area contributed by atoms with Crippen LogP contribution in [0.25, 0.3) is 0 Å². The lowest BCUT2D eigenvalue weighted by Gasteiger charge is -2.07. The Kier molecular flexibility index (Phi) is 7.41. The molecular formula is C22H25N3O5S. The van der Waals surface area contributed by atoms with Gasteiger partial charge in [0.1, 0.15) is 5.75 Å². The Bertz CT molecular complexity index is 1120. The summed E-state index contributed by atoms with van der Waals surface area (Å²) in [6.45, 7) is 2.74. The Balaban J connectivity index is 1.58. The largest absolute Gasteiger partial charge is 0.494 e. The van der Waals surface area contributed by atoms with Gasteiger partial charge in [-0.3, -0.25) is 10.1 Å². The van der Waals surface area contributed by atoms with E-state index in [9.17, 15) is 13.2 Å². The van der Waals surface area contributed by atoms with Gasteiger partial charge in [0.2, 0.25) is 5.89 Å². The van der Waals surface area contributed by atoms with Crippen molar-refractivity contribution in [1.29, 1.82) is 0 Å². The van der Waals surface area contributed by atoms with Crippen LogP contribution in [0.4, 0.5) is 6.01 Å². The SMILES string of the molecule is CCCCCOc1cccc(C(=O)Nc2nnc(Cc3ccc(S(C)(=O)=O)cc3)o2)c1. The van der Waals surface area contributed by atoms with Crippen molar-refractivity contribution in [3.8, 4) is 5.75 Å². The molecule has 3 rings (SSSR count). The van der Waals surface area contributed by atoms with E-state index >= 15 is 0 Å². The third kappa shape index (κ3) is 6.65. The van der Waals surface area contributed by atoms with Gasteiger partial charge in [-0.15, -0.1) is 5.10 Å². The number of benzene rings is 2. The Morgan fingerprint density at radius 3 is 2.58 bits per heavy atom. The molecule has 0 spiro atoms. The molecule has 0 bridgehead atoms. The van der Waals surface area contributed by atoms with E-state index in [1.54, 1.807) is 30.3 Å². The molecule has 3 aromatic rings. The van der Waals surface area contributed by atoms with Crippen molar-refractivity contribution in [1.82, 2.24) is 10.2 Å². The monoisotopic (exact) mass is 443 g/mol. The minimum atomic E-state index is -3.25. The minimum Gasteiger partial charge on any atom is -0.494 e. The standard InChI is InChI=1S/C22H25N3O5S/c1-3-4-5-13-29-18-8-6-7-17(15-18)21(26)23-22-25-24-20(30-22)14-16-9-11-19(12-10-16)31(2,27)28/h6-12,15H,3-5,13-14H2,1-2H3,(H,23,25,26). The van der Waals surface area contributed by atoms with Crippen molar-refractivity contribution >= 4 is 21.8 Å². The second-order valence-corrected chi connectivity index (χ2v) is 9.15. The van der Waals surface area contributed by atoms with Crippen molar-refractivity contribution in [2.75, 3.05) is 18.2 Å². The molecule has 8 nitrogen and oxygen atoms in total. The summed E-state index contributed by atoms with van der Waals surface area (Å²) in [4.78, 5) is 12.7. The molecule has 0 atom stereocenters. The number of rotatable bonds is 10. The van der Waals surface area contributed by atoms with E-state index in [0.717, 1.165) is 31.1 Å². The quantitative estimate of drug-likeness (QED) is 0.473. The molecule has 164 valence electrons. The molecular weight excluding hydrogens is 418 g/mol. The first kappa shape index (κ1) is 22.5. The van der Waals surface area contributed by atoms with Crippen molar-refractivity contribution < 1.29 is 22.4 Å². The third-order valence-electron chi connectivity index (χ3n) is 4.51. The fraction of sp³-hybridized carbons (Fsp3) is 0.318. The van der Waals surface area contributed by atoms with Crippen molar-refractivity contribution in [2.24, 2.45) is 0 Å². The molecule has 31 heavy (non-hydrogen) atoms. The van der Waals surface area contributed by atoms with Crippen LogP contribution >= 0.6 is 0 Å². The lowest BCUT2D eigenvalue weighted by Crippen LogP contribution is -2.12. The van der Waals surface area contributed by atoms with Crippen LogP contribution in [-0.4, -0.2) is 37.4 Å². The number of anilines is 1. The maximum absolute atomic E-state index is 12.5. The van der Waals surface area contributed by atoms with Crippen LogP contribution in [0.3, 0.4) is 0 Å². The van der Waals surface area contributed by atoms with Gasteiger partial charge in [-0.05, 0) is 42.3 Å². The summed E-state index contributed by atoms with van der Waals surface area (Å²) in [7, 11) is -3.25. The number of hydrogen-bond acceptors (Lipinski definition) is 7. The zero-order valence-corrected chi connectivity index (χ0v) is 18.3. The molecule has 9 heteroatoms. The molecule has 0 aliphatic heterocycles. The van der Waals surface area contributed by atoms with Gasteiger partial charge in [0.25, 0.3) is 5.91 Å². The predicted molar refractivity (Wildman–Crippen MR) is 116 cm³/mol. The molecule has 0 saturated carbocycles. The molecule has 0 aliphatic rings. The normalized spacial score (nSPS) is 11.3. The van der Waals surface area contributed by atoms with E-state index in [1.165, 1.54) is 12.1 Å². The molecule has 0 unspecified atom stereocenters. The fourth-order valence-electron chi connectivity index (χ4n) is 2.84. The molecule has 0 radical (unpaired) electrons. The number of aromatic nitrogens is 2. The lowest BCUT2D eigenvalue weighted by atomic mass is 10.1. The van der Waals surface area contributed by atoms with Gasteiger partial charge in [-0.25, -0.2) is 8.42 Å². The minimum absolute atomic E-state index is 0.0120. The van der Waals surface area contributed by atoms with E-state index in [4.69, 9.17) is 9.15 Å². The van der Waals surface area contributed by atoms with Crippen molar-refractivity contribution in [3.05, 3.63) is 65.5 Å². The van der Waals surface area contributed by atoms with Crippen LogP contribution < -0.4 is 10.1 Å². The number of nitrogens with zero attached hydrogens (tertiary/aromatic N) is 2. The van der Waals surface area contributed by atoms with Gasteiger partial charge in [0.15, 0.2) is 9.84 Å². The number of nitrogens with one attached hydrogen (secondary N) is 1. The van der Waals surface area contributed by atoms with Gasteiger partial charge in [-0.1, -0.05) is 43.1 Å². The van der Waals surface area contributed by atoms with Crippen LogP contribution in [0.5, 0.6) is 5.75 Å². The molecule has 0 aliphatic carbocycles. The van der Waals surface area contributed by atoms with Gasteiger partial charge >= 0.3 is 6.01 Å². The van der Waals surface area contributed by atoms with Crippen molar-refractivity contribution in [3.63, 3.8) is 0 Å². The third-order valence-corrected chi connectivity index (χ3v) is 5.64.